The van der Waals surface area contributed by atoms with E-state index in [1.54, 1.807) is 36.4 Å². The van der Waals surface area contributed by atoms with Crippen molar-refractivity contribution < 1.29 is 19.2 Å². The molecule has 3 rings (SSSR count). The van der Waals surface area contributed by atoms with Crippen LogP contribution in [-0.4, -0.2) is 24.5 Å². The molecule has 1 amide bonds. The number of rotatable bonds is 8. The summed E-state index contributed by atoms with van der Waals surface area (Å²) >= 11 is 2.05. The Bertz CT molecular complexity index is 1250. The Labute approximate surface area is 203 Å². The third-order valence-electron chi connectivity index (χ3n) is 4.46. The van der Waals surface area contributed by atoms with E-state index in [9.17, 15) is 20.2 Å². The standard InChI is InChI=1S/C24H18IN3O5/c1-32-22-12-16(10-18(14-26)17-6-5-9-20(13-17)28(30)31)11-21(25)24(22)33-15-23(29)27-19-7-3-2-4-8-19/h2-13H,15H2,1H3,(H,27,29). The van der Waals surface area contributed by atoms with Gasteiger partial charge in [-0.15, -0.1) is 0 Å². The molecule has 33 heavy (non-hydrogen) atoms. The highest BCUT2D eigenvalue weighted by atomic mass is 127. The van der Waals surface area contributed by atoms with E-state index in [1.165, 1.54) is 25.3 Å². The molecule has 1 N–H and O–H groups in total. The molecule has 9 heteroatoms. The number of nitrogens with zero attached hydrogens (tertiary/aromatic N) is 2. The SMILES string of the molecule is COc1cc(C=C(C#N)c2cccc([N+](=O)[O-])c2)cc(I)c1OCC(=O)Nc1ccccc1. The average Bonchev–Trinajstić information content (AvgIpc) is 2.82. The third-order valence-corrected chi connectivity index (χ3v) is 5.26. The predicted molar refractivity (Wildman–Crippen MR) is 133 cm³/mol. The van der Waals surface area contributed by atoms with E-state index in [2.05, 4.69) is 34.0 Å². The summed E-state index contributed by atoms with van der Waals surface area (Å²) in [6, 6.07) is 20.4. The van der Waals surface area contributed by atoms with Crippen LogP contribution in [0.15, 0.2) is 66.7 Å². The van der Waals surface area contributed by atoms with Crippen LogP contribution in [0, 0.1) is 25.0 Å². The first-order valence-corrected chi connectivity index (χ1v) is 10.7. The minimum atomic E-state index is -0.509. The average molecular weight is 555 g/mol. The number of nitrogens with one attached hydrogen (secondary N) is 1. The quantitative estimate of drug-likeness (QED) is 0.133. The molecular formula is C24H18IN3O5. The van der Waals surface area contributed by atoms with Gasteiger partial charge in [-0.25, -0.2) is 0 Å². The normalized spacial score (nSPS) is 10.8. The molecule has 0 saturated carbocycles. The first-order chi connectivity index (χ1) is 15.9. The second-order valence-corrected chi connectivity index (χ2v) is 7.88. The smallest absolute Gasteiger partial charge is 0.270 e. The Morgan fingerprint density at radius 3 is 2.61 bits per heavy atom. The zero-order valence-electron chi connectivity index (χ0n) is 17.4. The molecule has 3 aromatic carbocycles. The van der Waals surface area contributed by atoms with E-state index in [1.807, 2.05) is 18.2 Å². The molecule has 0 aliphatic heterocycles. The summed E-state index contributed by atoms with van der Waals surface area (Å²) in [4.78, 5) is 22.7. The summed E-state index contributed by atoms with van der Waals surface area (Å²) in [5.74, 6) is 0.463. The van der Waals surface area contributed by atoms with E-state index in [4.69, 9.17) is 9.47 Å². The van der Waals surface area contributed by atoms with Gasteiger partial charge in [0, 0.05) is 17.8 Å². The second kappa shape index (κ2) is 11.1. The fraction of sp³-hybridized carbons (Fsp3) is 0.0833. The Morgan fingerprint density at radius 1 is 1.18 bits per heavy atom. The molecule has 3 aromatic rings. The van der Waals surface area contributed by atoms with Gasteiger partial charge in [-0.3, -0.25) is 14.9 Å². The van der Waals surface area contributed by atoms with Crippen LogP contribution in [0.4, 0.5) is 11.4 Å². The summed E-state index contributed by atoms with van der Waals surface area (Å²) in [7, 11) is 1.47. The van der Waals surface area contributed by atoms with Gasteiger partial charge in [0.15, 0.2) is 18.1 Å². The number of benzene rings is 3. The summed E-state index contributed by atoms with van der Waals surface area (Å²) in [5.41, 5.74) is 1.89. The maximum atomic E-state index is 12.2. The summed E-state index contributed by atoms with van der Waals surface area (Å²) in [6.07, 6.45) is 1.61. The lowest BCUT2D eigenvalue weighted by molar-refractivity contribution is -0.384. The highest BCUT2D eigenvalue weighted by Gasteiger charge is 2.15. The third kappa shape index (κ3) is 6.30. The highest BCUT2D eigenvalue weighted by molar-refractivity contribution is 14.1. The van der Waals surface area contributed by atoms with E-state index in [0.717, 1.165) is 0 Å². The Morgan fingerprint density at radius 2 is 1.94 bits per heavy atom. The number of nitriles is 1. The number of anilines is 1. The second-order valence-electron chi connectivity index (χ2n) is 6.71. The number of amides is 1. The van der Waals surface area contributed by atoms with E-state index < -0.39 is 4.92 Å². The predicted octanol–water partition coefficient (Wildman–Crippen LogP) is 5.29. The first kappa shape index (κ1) is 23.7. The molecule has 8 nitrogen and oxygen atoms in total. The number of hydrogen-bond donors (Lipinski definition) is 1. The van der Waals surface area contributed by atoms with Crippen LogP contribution in [0.5, 0.6) is 11.5 Å². The van der Waals surface area contributed by atoms with E-state index >= 15 is 0 Å². The first-order valence-electron chi connectivity index (χ1n) is 9.63. The number of non-ortho nitro benzene ring substituents is 1. The van der Waals surface area contributed by atoms with Crippen molar-refractivity contribution >= 4 is 51.5 Å². The molecule has 0 unspecified atom stereocenters. The zero-order chi connectivity index (χ0) is 23.8. The van der Waals surface area contributed by atoms with Crippen LogP contribution in [0.1, 0.15) is 11.1 Å². The fourth-order valence-corrected chi connectivity index (χ4v) is 3.73. The van der Waals surface area contributed by atoms with Crippen molar-refractivity contribution in [1.82, 2.24) is 0 Å². The molecule has 0 atom stereocenters. The number of para-hydroxylation sites is 1. The van der Waals surface area contributed by atoms with Gasteiger partial charge in [0.2, 0.25) is 0 Å². The van der Waals surface area contributed by atoms with Crippen LogP contribution in [0.3, 0.4) is 0 Å². The lowest BCUT2D eigenvalue weighted by Gasteiger charge is -2.14. The van der Waals surface area contributed by atoms with E-state index in [0.29, 0.717) is 31.9 Å². The number of methoxy groups -OCH3 is 1. The Balaban J connectivity index is 1.82. The molecule has 0 aromatic heterocycles. The van der Waals surface area contributed by atoms with Gasteiger partial charge in [0.1, 0.15) is 0 Å². The fourth-order valence-electron chi connectivity index (χ4n) is 2.95. The molecule has 0 fully saturated rings. The number of ether oxygens (including phenoxy) is 2. The van der Waals surface area contributed by atoms with Crippen LogP contribution in [-0.2, 0) is 4.79 Å². The minimum absolute atomic E-state index is 0.0988. The summed E-state index contributed by atoms with van der Waals surface area (Å²) in [5, 5.41) is 23.4. The maximum absolute atomic E-state index is 12.2. The molecule has 0 spiro atoms. The largest absolute Gasteiger partial charge is 0.493 e. The van der Waals surface area contributed by atoms with Crippen molar-refractivity contribution in [3.63, 3.8) is 0 Å². The number of halogens is 1. The van der Waals surface area contributed by atoms with Crippen molar-refractivity contribution in [3.8, 4) is 17.6 Å². The molecule has 166 valence electrons. The lowest BCUT2D eigenvalue weighted by Crippen LogP contribution is -2.20. The lowest BCUT2D eigenvalue weighted by atomic mass is 10.0. The molecule has 0 heterocycles. The van der Waals surface area contributed by atoms with Crippen LogP contribution >= 0.6 is 22.6 Å². The van der Waals surface area contributed by atoms with Crippen LogP contribution < -0.4 is 14.8 Å². The topological polar surface area (TPSA) is 114 Å². The van der Waals surface area contributed by atoms with Crippen molar-refractivity contribution in [3.05, 3.63) is 91.5 Å². The Kier molecular flexibility index (Phi) is 7.99. The minimum Gasteiger partial charge on any atom is -0.493 e. The number of allylic oxidation sites excluding steroid dienone is 1. The van der Waals surface area contributed by atoms with Gasteiger partial charge < -0.3 is 14.8 Å². The molecule has 0 radical (unpaired) electrons. The van der Waals surface area contributed by atoms with Crippen LogP contribution in [0.2, 0.25) is 0 Å². The number of hydrogen-bond acceptors (Lipinski definition) is 6. The molecule has 0 aliphatic rings. The van der Waals surface area contributed by atoms with Crippen molar-refractivity contribution in [1.29, 1.82) is 5.26 Å². The number of nitro benzene ring substituents is 1. The molecule has 0 saturated heterocycles. The van der Waals surface area contributed by atoms with Crippen LogP contribution in [0.25, 0.3) is 11.6 Å². The van der Waals surface area contributed by atoms with Crippen molar-refractivity contribution in [2.45, 2.75) is 0 Å². The van der Waals surface area contributed by atoms with Gasteiger partial charge in [-0.05, 0) is 64.1 Å². The molecule has 0 bridgehead atoms. The monoisotopic (exact) mass is 555 g/mol. The maximum Gasteiger partial charge on any atom is 0.270 e. The van der Waals surface area contributed by atoms with Crippen molar-refractivity contribution in [2.24, 2.45) is 0 Å². The highest BCUT2D eigenvalue weighted by Crippen LogP contribution is 2.35. The van der Waals surface area contributed by atoms with Gasteiger partial charge in [-0.1, -0.05) is 30.3 Å². The number of nitro groups is 1. The van der Waals surface area contributed by atoms with Gasteiger partial charge in [0.05, 0.1) is 27.2 Å². The van der Waals surface area contributed by atoms with Gasteiger partial charge in [-0.2, -0.15) is 5.26 Å². The number of carbonyl (C=O) groups excluding carboxylic acids is 1. The zero-order valence-corrected chi connectivity index (χ0v) is 19.6. The number of carbonyl (C=O) groups is 1. The van der Waals surface area contributed by atoms with Crippen molar-refractivity contribution in [2.75, 3.05) is 19.0 Å². The van der Waals surface area contributed by atoms with Gasteiger partial charge >= 0.3 is 0 Å². The molecule has 0 aliphatic carbocycles. The van der Waals surface area contributed by atoms with Gasteiger partial charge in [0.25, 0.3) is 11.6 Å². The Hall–Kier alpha value is -3.91. The molecular weight excluding hydrogens is 537 g/mol. The summed E-state index contributed by atoms with van der Waals surface area (Å²) in [6.45, 7) is -0.215. The summed E-state index contributed by atoms with van der Waals surface area (Å²) < 4.78 is 11.8. The van der Waals surface area contributed by atoms with E-state index in [-0.39, 0.29) is 23.8 Å².